The van der Waals surface area contributed by atoms with Gasteiger partial charge in [0.25, 0.3) is 0 Å². The number of nitrogens with zero attached hydrogens (tertiary/aromatic N) is 7. The van der Waals surface area contributed by atoms with Crippen molar-refractivity contribution in [2.24, 2.45) is 0 Å². The summed E-state index contributed by atoms with van der Waals surface area (Å²) in [5, 5.41) is 22.0. The van der Waals surface area contributed by atoms with Crippen LogP contribution in [0.4, 0.5) is 8.78 Å². The third kappa shape index (κ3) is 4.19. The summed E-state index contributed by atoms with van der Waals surface area (Å²) in [6, 6.07) is 4.00. The Balaban J connectivity index is 0.00000210. The standard InChI is InChI=1S/C15H16F2N8O.ClH/c16-12-5-11(24-9-19-22-23-24)1-2-15(12)26-8-10-6-20-25(21-10)14-3-4-18-7-13(14)17;/h1-2,5-6,9,13-14,18H,3-4,7-8H2;1H. The van der Waals surface area contributed by atoms with Crippen molar-refractivity contribution in [3.05, 3.63) is 42.2 Å². The number of rotatable bonds is 5. The van der Waals surface area contributed by atoms with Gasteiger partial charge in [-0.3, -0.25) is 0 Å². The topological polar surface area (TPSA) is 95.6 Å². The Morgan fingerprint density at radius 3 is 2.96 bits per heavy atom. The fraction of sp³-hybridized carbons (Fsp3) is 0.400. The van der Waals surface area contributed by atoms with E-state index in [0.717, 1.165) is 6.54 Å². The van der Waals surface area contributed by atoms with Gasteiger partial charge in [0.05, 0.1) is 11.9 Å². The van der Waals surface area contributed by atoms with Gasteiger partial charge in [0.15, 0.2) is 11.6 Å². The molecule has 1 aliphatic heterocycles. The van der Waals surface area contributed by atoms with Gasteiger partial charge in [-0.1, -0.05) is 0 Å². The van der Waals surface area contributed by atoms with Crippen molar-refractivity contribution in [1.29, 1.82) is 0 Å². The molecule has 2 unspecified atom stereocenters. The highest BCUT2D eigenvalue weighted by molar-refractivity contribution is 5.85. The minimum Gasteiger partial charge on any atom is -0.484 e. The molecule has 0 bridgehead atoms. The van der Waals surface area contributed by atoms with Crippen molar-refractivity contribution in [2.45, 2.75) is 25.2 Å². The van der Waals surface area contributed by atoms with E-state index in [0.29, 0.717) is 17.8 Å². The Kier molecular flexibility index (Phi) is 5.91. The number of hydrogen-bond donors (Lipinski definition) is 1. The molecule has 27 heavy (non-hydrogen) atoms. The van der Waals surface area contributed by atoms with E-state index in [4.69, 9.17) is 4.74 Å². The Labute approximate surface area is 159 Å². The van der Waals surface area contributed by atoms with Crippen LogP contribution >= 0.6 is 12.4 Å². The van der Waals surface area contributed by atoms with Crippen molar-refractivity contribution in [1.82, 2.24) is 40.5 Å². The molecular formula is C15H17ClF2N8O. The molecule has 2 aromatic heterocycles. The molecule has 1 aromatic carbocycles. The molecule has 0 amide bonds. The highest BCUT2D eigenvalue weighted by atomic mass is 35.5. The summed E-state index contributed by atoms with van der Waals surface area (Å²) in [7, 11) is 0. The van der Waals surface area contributed by atoms with Gasteiger partial charge in [0.2, 0.25) is 0 Å². The number of nitrogens with one attached hydrogen (secondary N) is 1. The van der Waals surface area contributed by atoms with E-state index < -0.39 is 18.0 Å². The first-order valence-corrected chi connectivity index (χ1v) is 8.12. The van der Waals surface area contributed by atoms with Crippen LogP contribution in [-0.2, 0) is 6.61 Å². The van der Waals surface area contributed by atoms with Gasteiger partial charge in [-0.2, -0.15) is 15.0 Å². The summed E-state index contributed by atoms with van der Waals surface area (Å²) in [5.41, 5.74) is 0.977. The molecule has 0 spiro atoms. The van der Waals surface area contributed by atoms with Gasteiger partial charge in [0, 0.05) is 12.6 Å². The highest BCUT2D eigenvalue weighted by Crippen LogP contribution is 2.22. The van der Waals surface area contributed by atoms with Crippen molar-refractivity contribution >= 4 is 12.4 Å². The van der Waals surface area contributed by atoms with E-state index in [-0.39, 0.29) is 31.3 Å². The first-order valence-electron chi connectivity index (χ1n) is 8.12. The van der Waals surface area contributed by atoms with Crippen LogP contribution in [0.25, 0.3) is 5.69 Å². The predicted molar refractivity (Wildman–Crippen MR) is 92.1 cm³/mol. The van der Waals surface area contributed by atoms with Crippen LogP contribution in [0, 0.1) is 5.82 Å². The van der Waals surface area contributed by atoms with Gasteiger partial charge in [0.1, 0.15) is 30.8 Å². The van der Waals surface area contributed by atoms with Crippen molar-refractivity contribution in [2.75, 3.05) is 13.1 Å². The fourth-order valence-corrected chi connectivity index (χ4v) is 2.78. The van der Waals surface area contributed by atoms with Gasteiger partial charge in [-0.05, 0) is 35.5 Å². The quantitative estimate of drug-likeness (QED) is 0.691. The first-order chi connectivity index (χ1) is 12.7. The SMILES string of the molecule is Cl.Fc1cc(-n2cnnn2)ccc1OCc1cnn(C2CCNCC2F)n1. The molecule has 0 aliphatic carbocycles. The molecule has 144 valence electrons. The summed E-state index contributed by atoms with van der Waals surface area (Å²) < 4.78 is 34.9. The lowest BCUT2D eigenvalue weighted by Gasteiger charge is -2.25. The zero-order chi connectivity index (χ0) is 17.9. The summed E-state index contributed by atoms with van der Waals surface area (Å²) in [4.78, 5) is 1.38. The number of ether oxygens (including phenoxy) is 1. The Morgan fingerprint density at radius 2 is 2.22 bits per heavy atom. The maximum atomic E-state index is 14.2. The number of alkyl halides is 1. The zero-order valence-electron chi connectivity index (χ0n) is 14.1. The molecule has 3 heterocycles. The second kappa shape index (κ2) is 8.35. The predicted octanol–water partition coefficient (Wildman–Crippen LogP) is 1.27. The van der Waals surface area contributed by atoms with Gasteiger partial charge in [-0.25, -0.2) is 13.5 Å². The maximum Gasteiger partial charge on any atom is 0.167 e. The normalized spacial score (nSPS) is 19.5. The molecule has 4 rings (SSSR count). The molecule has 1 fully saturated rings. The van der Waals surface area contributed by atoms with Crippen molar-refractivity contribution in [3.63, 3.8) is 0 Å². The first kappa shape index (κ1) is 19.1. The average molecular weight is 399 g/mol. The average Bonchev–Trinajstić information content (AvgIpc) is 3.33. The van der Waals surface area contributed by atoms with Crippen LogP contribution < -0.4 is 10.1 Å². The van der Waals surface area contributed by atoms with Crippen LogP contribution in [0.15, 0.2) is 30.7 Å². The van der Waals surface area contributed by atoms with Gasteiger partial charge in [-0.15, -0.1) is 17.5 Å². The fourth-order valence-electron chi connectivity index (χ4n) is 2.78. The van der Waals surface area contributed by atoms with Crippen molar-refractivity contribution < 1.29 is 13.5 Å². The molecule has 0 saturated carbocycles. The summed E-state index contributed by atoms with van der Waals surface area (Å²) in [5.74, 6) is -0.478. The maximum absolute atomic E-state index is 14.2. The Bertz CT molecular complexity index is 875. The van der Waals surface area contributed by atoms with E-state index in [9.17, 15) is 8.78 Å². The molecule has 9 nitrogen and oxygen atoms in total. The molecule has 1 N–H and O–H groups in total. The lowest BCUT2D eigenvalue weighted by atomic mass is 10.1. The second-order valence-corrected chi connectivity index (χ2v) is 5.89. The van der Waals surface area contributed by atoms with Gasteiger partial charge < -0.3 is 10.1 Å². The molecule has 1 saturated heterocycles. The minimum atomic E-state index is -1.04. The zero-order valence-corrected chi connectivity index (χ0v) is 14.9. The molecule has 0 radical (unpaired) electrons. The largest absolute Gasteiger partial charge is 0.484 e. The lowest BCUT2D eigenvalue weighted by molar-refractivity contribution is 0.159. The molecule has 2 atom stereocenters. The van der Waals surface area contributed by atoms with Crippen LogP contribution in [-0.4, -0.2) is 54.5 Å². The van der Waals surface area contributed by atoms with E-state index >= 15 is 0 Å². The van der Waals surface area contributed by atoms with Crippen LogP contribution in [0.3, 0.4) is 0 Å². The molecule has 3 aromatic rings. The van der Waals surface area contributed by atoms with E-state index in [1.54, 1.807) is 6.07 Å². The third-order valence-electron chi connectivity index (χ3n) is 4.13. The van der Waals surface area contributed by atoms with Crippen LogP contribution in [0.5, 0.6) is 5.75 Å². The van der Waals surface area contributed by atoms with E-state index in [1.165, 1.54) is 34.1 Å². The van der Waals surface area contributed by atoms with Gasteiger partial charge >= 0.3 is 0 Å². The lowest BCUT2D eigenvalue weighted by Crippen LogP contribution is -2.40. The molecule has 1 aliphatic rings. The number of tetrazole rings is 1. The molecular weight excluding hydrogens is 382 g/mol. The molecule has 12 heteroatoms. The monoisotopic (exact) mass is 398 g/mol. The van der Waals surface area contributed by atoms with E-state index in [1.807, 2.05) is 0 Å². The number of hydrogen-bond acceptors (Lipinski definition) is 7. The second-order valence-electron chi connectivity index (χ2n) is 5.89. The number of benzene rings is 1. The minimum absolute atomic E-state index is 0. The highest BCUT2D eigenvalue weighted by Gasteiger charge is 2.27. The third-order valence-corrected chi connectivity index (χ3v) is 4.13. The summed E-state index contributed by atoms with van der Waals surface area (Å²) in [6.45, 7) is 1.04. The number of piperidine rings is 1. The Hall–Kier alpha value is -2.66. The number of aromatic nitrogens is 7. The smallest absolute Gasteiger partial charge is 0.167 e. The van der Waals surface area contributed by atoms with Crippen LogP contribution in [0.1, 0.15) is 18.2 Å². The van der Waals surface area contributed by atoms with Crippen molar-refractivity contribution in [3.8, 4) is 11.4 Å². The summed E-state index contributed by atoms with van der Waals surface area (Å²) >= 11 is 0. The Morgan fingerprint density at radius 1 is 1.33 bits per heavy atom. The van der Waals surface area contributed by atoms with Crippen LogP contribution in [0.2, 0.25) is 0 Å². The van der Waals surface area contributed by atoms with E-state index in [2.05, 4.69) is 31.0 Å². The number of halogens is 3. The summed E-state index contributed by atoms with van der Waals surface area (Å²) in [6.07, 6.45) is 2.44.